The van der Waals surface area contributed by atoms with Crippen LogP contribution in [0.2, 0.25) is 0 Å². The number of alkyl halides is 3. The van der Waals surface area contributed by atoms with Gasteiger partial charge < -0.3 is 9.47 Å². The highest BCUT2D eigenvalue weighted by atomic mass is 19.4. The van der Waals surface area contributed by atoms with Crippen LogP contribution in [0.4, 0.5) is 13.2 Å². The molecule has 1 heterocycles. The van der Waals surface area contributed by atoms with Crippen molar-refractivity contribution < 1.29 is 27.4 Å². The first-order chi connectivity index (χ1) is 9.46. The summed E-state index contributed by atoms with van der Waals surface area (Å²) in [5.74, 6) is -0.849. The Morgan fingerprint density at radius 1 is 1.30 bits per heavy atom. The zero-order chi connectivity index (χ0) is 14.6. The van der Waals surface area contributed by atoms with E-state index in [0.29, 0.717) is 6.61 Å². The van der Waals surface area contributed by atoms with Gasteiger partial charge in [-0.2, -0.15) is 0 Å². The SMILES string of the molecule is O=C(CC1CCCCO1)c1ccccc1OC(F)(F)F. The Hall–Kier alpha value is -1.56. The minimum absolute atomic E-state index is 0.0565. The number of halogens is 3. The quantitative estimate of drug-likeness (QED) is 0.792. The molecule has 0 radical (unpaired) electrons. The van der Waals surface area contributed by atoms with Crippen molar-refractivity contribution in [3.63, 3.8) is 0 Å². The molecule has 3 nitrogen and oxygen atoms in total. The number of rotatable bonds is 4. The van der Waals surface area contributed by atoms with Gasteiger partial charge in [0.05, 0.1) is 11.7 Å². The van der Waals surface area contributed by atoms with Crippen molar-refractivity contribution in [2.75, 3.05) is 6.61 Å². The maximum Gasteiger partial charge on any atom is 0.573 e. The molecule has 1 aliphatic rings. The Morgan fingerprint density at radius 2 is 2.05 bits per heavy atom. The fourth-order valence-electron chi connectivity index (χ4n) is 2.20. The van der Waals surface area contributed by atoms with Gasteiger partial charge in [-0.05, 0) is 31.4 Å². The number of carbonyl (C=O) groups excluding carboxylic acids is 1. The highest BCUT2D eigenvalue weighted by molar-refractivity contribution is 5.98. The smallest absolute Gasteiger partial charge is 0.405 e. The van der Waals surface area contributed by atoms with E-state index in [1.165, 1.54) is 18.2 Å². The topological polar surface area (TPSA) is 35.5 Å². The second-order valence-corrected chi connectivity index (χ2v) is 4.66. The van der Waals surface area contributed by atoms with Crippen LogP contribution in [0, 0.1) is 0 Å². The molecule has 6 heteroatoms. The monoisotopic (exact) mass is 288 g/mol. The van der Waals surface area contributed by atoms with Crippen molar-refractivity contribution in [1.82, 2.24) is 0 Å². The Morgan fingerprint density at radius 3 is 2.70 bits per heavy atom. The maximum absolute atomic E-state index is 12.3. The van der Waals surface area contributed by atoms with Crippen LogP contribution in [0.1, 0.15) is 36.0 Å². The lowest BCUT2D eigenvalue weighted by Crippen LogP contribution is -2.23. The lowest BCUT2D eigenvalue weighted by atomic mass is 9.99. The van der Waals surface area contributed by atoms with Gasteiger partial charge in [0.2, 0.25) is 0 Å². The first kappa shape index (κ1) is 14.8. The molecular formula is C14H15F3O3. The molecule has 1 aromatic rings. The molecule has 0 spiro atoms. The van der Waals surface area contributed by atoms with Crippen LogP contribution in [0.15, 0.2) is 24.3 Å². The molecule has 1 fully saturated rings. The number of ether oxygens (including phenoxy) is 2. The molecule has 1 aromatic carbocycles. The molecule has 0 aromatic heterocycles. The molecule has 0 saturated carbocycles. The van der Waals surface area contributed by atoms with Gasteiger partial charge in [0.15, 0.2) is 5.78 Å². The maximum atomic E-state index is 12.3. The predicted octanol–water partition coefficient (Wildman–Crippen LogP) is 3.73. The van der Waals surface area contributed by atoms with Crippen LogP contribution in [-0.4, -0.2) is 24.9 Å². The minimum atomic E-state index is -4.81. The summed E-state index contributed by atoms with van der Waals surface area (Å²) in [6.45, 7) is 0.596. The predicted molar refractivity (Wildman–Crippen MR) is 65.7 cm³/mol. The summed E-state index contributed by atoms with van der Waals surface area (Å²) in [6, 6.07) is 5.39. The normalized spacial score (nSPS) is 19.6. The summed E-state index contributed by atoms with van der Waals surface area (Å²) in [5.41, 5.74) is -0.0565. The lowest BCUT2D eigenvalue weighted by Gasteiger charge is -2.22. The summed E-state index contributed by atoms with van der Waals surface area (Å²) >= 11 is 0. The Kier molecular flexibility index (Phi) is 4.65. The first-order valence-corrected chi connectivity index (χ1v) is 6.45. The van der Waals surface area contributed by atoms with Gasteiger partial charge in [0.1, 0.15) is 5.75 Å². The van der Waals surface area contributed by atoms with E-state index in [2.05, 4.69) is 4.74 Å². The van der Waals surface area contributed by atoms with Crippen molar-refractivity contribution in [2.24, 2.45) is 0 Å². The second kappa shape index (κ2) is 6.26. The summed E-state index contributed by atoms with van der Waals surface area (Å²) < 4.78 is 46.2. The third-order valence-electron chi connectivity index (χ3n) is 3.10. The van der Waals surface area contributed by atoms with Crippen LogP contribution in [0.3, 0.4) is 0 Å². The fourth-order valence-corrected chi connectivity index (χ4v) is 2.20. The van der Waals surface area contributed by atoms with E-state index < -0.39 is 17.9 Å². The highest BCUT2D eigenvalue weighted by Gasteiger charge is 2.33. The third-order valence-corrected chi connectivity index (χ3v) is 3.10. The number of benzene rings is 1. The van der Waals surface area contributed by atoms with Gasteiger partial charge in [-0.3, -0.25) is 4.79 Å². The summed E-state index contributed by atoms with van der Waals surface area (Å²) in [7, 11) is 0. The van der Waals surface area contributed by atoms with Gasteiger partial charge in [-0.25, -0.2) is 0 Å². The van der Waals surface area contributed by atoms with Gasteiger partial charge in [-0.15, -0.1) is 13.2 Å². The number of Topliss-reactive ketones (excluding diaryl/α,β-unsaturated/α-hetero) is 1. The second-order valence-electron chi connectivity index (χ2n) is 4.66. The standard InChI is InChI=1S/C14H15F3O3/c15-14(16,17)20-13-7-2-1-6-11(13)12(18)9-10-5-3-4-8-19-10/h1-2,6-7,10H,3-5,8-9H2. The van der Waals surface area contributed by atoms with Crippen LogP contribution in [0.5, 0.6) is 5.75 Å². The van der Waals surface area contributed by atoms with Crippen LogP contribution in [-0.2, 0) is 4.74 Å². The van der Waals surface area contributed by atoms with E-state index in [1.54, 1.807) is 0 Å². The minimum Gasteiger partial charge on any atom is -0.405 e. The van der Waals surface area contributed by atoms with E-state index in [9.17, 15) is 18.0 Å². The molecule has 110 valence electrons. The molecule has 0 N–H and O–H groups in total. The van der Waals surface area contributed by atoms with Crippen LogP contribution < -0.4 is 4.74 Å². The zero-order valence-electron chi connectivity index (χ0n) is 10.8. The number of hydrogen-bond donors (Lipinski definition) is 0. The first-order valence-electron chi connectivity index (χ1n) is 6.45. The molecule has 2 rings (SSSR count). The van der Waals surface area contributed by atoms with Crippen molar-refractivity contribution in [1.29, 1.82) is 0 Å². The van der Waals surface area contributed by atoms with E-state index in [-0.39, 0.29) is 18.1 Å². The highest BCUT2D eigenvalue weighted by Crippen LogP contribution is 2.28. The largest absolute Gasteiger partial charge is 0.573 e. The number of hydrogen-bond acceptors (Lipinski definition) is 3. The third kappa shape index (κ3) is 4.23. The molecule has 0 aliphatic carbocycles. The summed E-state index contributed by atoms with van der Waals surface area (Å²) in [4.78, 5) is 12.1. The molecule has 1 saturated heterocycles. The van der Waals surface area contributed by atoms with E-state index in [4.69, 9.17) is 4.74 Å². The van der Waals surface area contributed by atoms with Crippen molar-refractivity contribution in [3.05, 3.63) is 29.8 Å². The Balaban J connectivity index is 2.08. The molecule has 1 unspecified atom stereocenters. The Bertz CT molecular complexity index is 465. The Labute approximate surface area is 114 Å². The molecule has 1 atom stereocenters. The number of para-hydroxylation sites is 1. The van der Waals surface area contributed by atoms with E-state index >= 15 is 0 Å². The molecule has 0 bridgehead atoms. The van der Waals surface area contributed by atoms with Gasteiger partial charge >= 0.3 is 6.36 Å². The molecule has 1 aliphatic heterocycles. The zero-order valence-corrected chi connectivity index (χ0v) is 10.8. The van der Waals surface area contributed by atoms with Crippen LogP contribution in [0.25, 0.3) is 0 Å². The van der Waals surface area contributed by atoms with Crippen molar-refractivity contribution >= 4 is 5.78 Å². The van der Waals surface area contributed by atoms with E-state index in [0.717, 1.165) is 25.3 Å². The fraction of sp³-hybridized carbons (Fsp3) is 0.500. The summed E-state index contributed by atoms with van der Waals surface area (Å²) in [6.07, 6.45) is -2.25. The van der Waals surface area contributed by atoms with Gasteiger partial charge in [0, 0.05) is 13.0 Å². The van der Waals surface area contributed by atoms with Gasteiger partial charge in [0.25, 0.3) is 0 Å². The number of ketones is 1. The lowest BCUT2D eigenvalue weighted by molar-refractivity contribution is -0.274. The van der Waals surface area contributed by atoms with Crippen LogP contribution >= 0.6 is 0 Å². The van der Waals surface area contributed by atoms with Crippen molar-refractivity contribution in [3.8, 4) is 5.75 Å². The molecular weight excluding hydrogens is 273 g/mol. The molecule has 0 amide bonds. The van der Waals surface area contributed by atoms with Gasteiger partial charge in [-0.1, -0.05) is 12.1 Å². The van der Waals surface area contributed by atoms with Crippen molar-refractivity contribution in [2.45, 2.75) is 38.1 Å². The number of carbonyl (C=O) groups is 1. The van der Waals surface area contributed by atoms with E-state index in [1.807, 2.05) is 0 Å². The summed E-state index contributed by atoms with van der Waals surface area (Å²) in [5, 5.41) is 0. The average molecular weight is 288 g/mol. The average Bonchev–Trinajstić information content (AvgIpc) is 2.38. The molecule has 20 heavy (non-hydrogen) atoms.